The third-order valence-electron chi connectivity index (χ3n) is 3.06. The van der Waals surface area contributed by atoms with Crippen molar-refractivity contribution in [1.82, 2.24) is 5.32 Å². The van der Waals surface area contributed by atoms with Crippen LogP contribution in [0.15, 0.2) is 24.3 Å². The monoisotopic (exact) mass is 282 g/mol. The Morgan fingerprint density at radius 3 is 2.44 bits per heavy atom. The van der Waals surface area contributed by atoms with Crippen molar-refractivity contribution in [3.8, 4) is 0 Å². The van der Waals surface area contributed by atoms with Gasteiger partial charge in [0.05, 0.1) is 0 Å². The number of hydrogen-bond acceptors (Lipinski definition) is 2. The third kappa shape index (κ3) is 3.68. The van der Waals surface area contributed by atoms with Gasteiger partial charge in [-0.2, -0.15) is 0 Å². The molecule has 1 aromatic carbocycles. The largest absolute Gasteiger partial charge is 0.332 e. The predicted molar refractivity (Wildman–Crippen MR) is 77.8 cm³/mol. The Balaban J connectivity index is 1.84. The Bertz CT molecular complexity index is 441. The molecule has 5 heteroatoms. The topological polar surface area (TPSA) is 41.1 Å². The highest BCUT2D eigenvalue weighted by Crippen LogP contribution is 2.24. The fourth-order valence-electron chi connectivity index (χ4n) is 2.10. The zero-order chi connectivity index (χ0) is 13.0. The Kier molecular flexibility index (Phi) is 4.55. The molecule has 3 nitrogen and oxygen atoms in total. The van der Waals surface area contributed by atoms with E-state index in [-0.39, 0.29) is 11.8 Å². The maximum Gasteiger partial charge on any atom is 0.229 e. The van der Waals surface area contributed by atoms with Crippen molar-refractivity contribution in [2.45, 2.75) is 25.7 Å². The standard InChI is InChI=1S/C13H15ClN2OS/c14-10-5-7-11(8-6-10)15-13(18)16-12(17)9-3-1-2-4-9/h5-9H,1-4H2,(H2,15,16,17,18). The summed E-state index contributed by atoms with van der Waals surface area (Å²) in [6, 6.07) is 7.17. The highest BCUT2D eigenvalue weighted by Gasteiger charge is 2.23. The maximum absolute atomic E-state index is 11.8. The van der Waals surface area contributed by atoms with Crippen LogP contribution in [0.25, 0.3) is 0 Å². The van der Waals surface area contributed by atoms with Crippen LogP contribution < -0.4 is 10.6 Å². The predicted octanol–water partition coefficient (Wildman–Crippen LogP) is 3.34. The van der Waals surface area contributed by atoms with Crippen molar-refractivity contribution in [1.29, 1.82) is 0 Å². The summed E-state index contributed by atoms with van der Waals surface area (Å²) in [6.45, 7) is 0. The average molecular weight is 283 g/mol. The molecule has 0 unspecified atom stereocenters. The van der Waals surface area contributed by atoms with E-state index in [2.05, 4.69) is 10.6 Å². The molecule has 2 N–H and O–H groups in total. The molecule has 18 heavy (non-hydrogen) atoms. The van der Waals surface area contributed by atoms with Crippen LogP contribution in [0.5, 0.6) is 0 Å². The minimum Gasteiger partial charge on any atom is -0.332 e. The molecule has 1 saturated carbocycles. The molecule has 0 aliphatic heterocycles. The van der Waals surface area contributed by atoms with Crippen LogP contribution in [0.2, 0.25) is 5.02 Å². The molecular formula is C13H15ClN2OS. The number of anilines is 1. The molecule has 0 saturated heterocycles. The van der Waals surface area contributed by atoms with E-state index in [1.807, 2.05) is 12.1 Å². The maximum atomic E-state index is 11.8. The zero-order valence-electron chi connectivity index (χ0n) is 9.91. The Labute approximate surface area is 117 Å². The van der Waals surface area contributed by atoms with Crippen molar-refractivity contribution < 1.29 is 4.79 Å². The number of carbonyl (C=O) groups excluding carboxylic acids is 1. The highest BCUT2D eigenvalue weighted by molar-refractivity contribution is 7.80. The molecule has 1 fully saturated rings. The molecule has 0 bridgehead atoms. The summed E-state index contributed by atoms with van der Waals surface area (Å²) >= 11 is 10.9. The molecule has 1 aliphatic rings. The van der Waals surface area contributed by atoms with Crippen molar-refractivity contribution in [2.75, 3.05) is 5.32 Å². The first-order chi connectivity index (χ1) is 8.65. The minimum atomic E-state index is 0.0268. The van der Waals surface area contributed by atoms with E-state index in [0.29, 0.717) is 10.1 Å². The first-order valence-electron chi connectivity index (χ1n) is 6.02. The molecule has 1 aliphatic carbocycles. The molecule has 0 atom stereocenters. The van der Waals surface area contributed by atoms with Gasteiger partial charge in [-0.3, -0.25) is 4.79 Å². The van der Waals surface area contributed by atoms with Crippen molar-refractivity contribution >= 4 is 40.5 Å². The SMILES string of the molecule is O=C(NC(=S)Nc1ccc(Cl)cc1)C1CCCC1. The van der Waals surface area contributed by atoms with Gasteiger partial charge in [-0.25, -0.2) is 0 Å². The van der Waals surface area contributed by atoms with E-state index in [9.17, 15) is 4.79 Å². The Hall–Kier alpha value is -1.13. The van der Waals surface area contributed by atoms with Gasteiger partial charge in [-0.05, 0) is 49.3 Å². The second-order valence-electron chi connectivity index (χ2n) is 4.43. The van der Waals surface area contributed by atoms with Gasteiger partial charge in [0.25, 0.3) is 0 Å². The van der Waals surface area contributed by atoms with Crippen LogP contribution in [0.3, 0.4) is 0 Å². The fraction of sp³-hybridized carbons (Fsp3) is 0.385. The molecule has 0 radical (unpaired) electrons. The van der Waals surface area contributed by atoms with Gasteiger partial charge >= 0.3 is 0 Å². The van der Waals surface area contributed by atoms with Crippen LogP contribution in [0.1, 0.15) is 25.7 Å². The molecular weight excluding hydrogens is 268 g/mol. The van der Waals surface area contributed by atoms with Crippen LogP contribution >= 0.6 is 23.8 Å². The van der Waals surface area contributed by atoms with Gasteiger partial charge in [0.15, 0.2) is 5.11 Å². The van der Waals surface area contributed by atoms with Gasteiger partial charge in [0.2, 0.25) is 5.91 Å². The molecule has 0 spiro atoms. The number of halogens is 1. The lowest BCUT2D eigenvalue weighted by atomic mass is 10.1. The number of amides is 1. The minimum absolute atomic E-state index is 0.0268. The lowest BCUT2D eigenvalue weighted by Crippen LogP contribution is -2.37. The van der Waals surface area contributed by atoms with Crippen molar-refractivity contribution in [3.63, 3.8) is 0 Å². The van der Waals surface area contributed by atoms with Crippen molar-refractivity contribution in [2.24, 2.45) is 5.92 Å². The summed E-state index contributed by atoms with van der Waals surface area (Å²) in [5.41, 5.74) is 0.816. The Morgan fingerprint density at radius 2 is 1.83 bits per heavy atom. The molecule has 96 valence electrons. The number of benzene rings is 1. The van der Waals surface area contributed by atoms with E-state index in [1.165, 1.54) is 0 Å². The summed E-state index contributed by atoms with van der Waals surface area (Å²) < 4.78 is 0. The van der Waals surface area contributed by atoms with E-state index in [4.69, 9.17) is 23.8 Å². The second kappa shape index (κ2) is 6.16. The normalized spacial score (nSPS) is 15.4. The molecule has 1 amide bonds. The van der Waals surface area contributed by atoms with E-state index < -0.39 is 0 Å². The van der Waals surface area contributed by atoms with E-state index >= 15 is 0 Å². The summed E-state index contributed by atoms with van der Waals surface area (Å²) in [7, 11) is 0. The van der Waals surface area contributed by atoms with E-state index in [0.717, 1.165) is 31.4 Å². The quantitative estimate of drug-likeness (QED) is 0.818. The van der Waals surface area contributed by atoms with Gasteiger partial charge in [0, 0.05) is 16.6 Å². The molecule has 0 heterocycles. The summed E-state index contributed by atoms with van der Waals surface area (Å²) in [4.78, 5) is 11.8. The molecule has 2 rings (SSSR count). The van der Waals surface area contributed by atoms with Crippen molar-refractivity contribution in [3.05, 3.63) is 29.3 Å². The third-order valence-corrected chi connectivity index (χ3v) is 3.52. The van der Waals surface area contributed by atoms with Crippen LogP contribution in [0, 0.1) is 5.92 Å². The summed E-state index contributed by atoms with van der Waals surface area (Å²) in [5.74, 6) is 0.147. The fourth-order valence-corrected chi connectivity index (χ4v) is 2.44. The van der Waals surface area contributed by atoms with Gasteiger partial charge in [0.1, 0.15) is 0 Å². The average Bonchev–Trinajstić information content (AvgIpc) is 2.85. The van der Waals surface area contributed by atoms with Crippen LogP contribution in [-0.4, -0.2) is 11.0 Å². The lowest BCUT2D eigenvalue weighted by molar-refractivity contribution is -0.123. The zero-order valence-corrected chi connectivity index (χ0v) is 11.5. The van der Waals surface area contributed by atoms with E-state index in [1.54, 1.807) is 12.1 Å². The van der Waals surface area contributed by atoms with Gasteiger partial charge in [-0.1, -0.05) is 24.4 Å². The smallest absolute Gasteiger partial charge is 0.229 e. The second-order valence-corrected chi connectivity index (χ2v) is 5.28. The first kappa shape index (κ1) is 13.3. The number of thiocarbonyl (C=S) groups is 1. The Morgan fingerprint density at radius 1 is 1.22 bits per heavy atom. The number of hydrogen-bond donors (Lipinski definition) is 2. The number of nitrogens with one attached hydrogen (secondary N) is 2. The number of rotatable bonds is 2. The first-order valence-corrected chi connectivity index (χ1v) is 6.81. The molecule has 1 aromatic rings. The van der Waals surface area contributed by atoms with Crippen LogP contribution in [0.4, 0.5) is 5.69 Å². The summed E-state index contributed by atoms with van der Waals surface area (Å²) in [6.07, 6.45) is 4.20. The molecule has 0 aromatic heterocycles. The lowest BCUT2D eigenvalue weighted by Gasteiger charge is -2.12. The number of carbonyl (C=O) groups is 1. The highest BCUT2D eigenvalue weighted by atomic mass is 35.5. The summed E-state index contributed by atoms with van der Waals surface area (Å²) in [5, 5.41) is 6.71. The van der Waals surface area contributed by atoms with Crippen LogP contribution in [-0.2, 0) is 4.79 Å². The van der Waals surface area contributed by atoms with Gasteiger partial charge in [-0.15, -0.1) is 0 Å². The van der Waals surface area contributed by atoms with Gasteiger partial charge < -0.3 is 10.6 Å².